The van der Waals surface area contributed by atoms with Crippen LogP contribution >= 0.6 is 0 Å². The van der Waals surface area contributed by atoms with Crippen LogP contribution in [0, 0.1) is 0 Å². The summed E-state index contributed by atoms with van der Waals surface area (Å²) < 4.78 is 28.4. The van der Waals surface area contributed by atoms with Gasteiger partial charge in [-0.25, -0.2) is 9.59 Å². The molecule has 1 heterocycles. The average Bonchev–Trinajstić information content (AvgIpc) is 3.01. The molecule has 0 saturated carbocycles. The topological polar surface area (TPSA) is 135 Å². The lowest BCUT2D eigenvalue weighted by Crippen LogP contribution is -2.63. The number of aliphatic hydroxyl groups excluding tert-OH is 1. The Morgan fingerprint density at radius 3 is 1.88 bits per heavy atom. The molecule has 3 aromatic carbocycles. The van der Waals surface area contributed by atoms with Gasteiger partial charge in [-0.05, 0) is 30.2 Å². The molecule has 0 radical (unpaired) electrons. The number of ether oxygens (including phenoxy) is 5. The highest BCUT2D eigenvalue weighted by atomic mass is 16.7. The van der Waals surface area contributed by atoms with E-state index in [0.29, 0.717) is 5.56 Å². The summed E-state index contributed by atoms with van der Waals surface area (Å²) in [5.74, 6) is -2.74. The Kier molecular flexibility index (Phi) is 10.9. The van der Waals surface area contributed by atoms with Crippen molar-refractivity contribution in [2.45, 2.75) is 63.7 Å². The molecule has 220 valence electrons. The van der Waals surface area contributed by atoms with Crippen LogP contribution in [0.25, 0.3) is 0 Å². The fourth-order valence-corrected chi connectivity index (χ4v) is 4.29. The molecule has 0 bridgehead atoms. The van der Waals surface area contributed by atoms with Crippen molar-refractivity contribution in [1.82, 2.24) is 0 Å². The van der Waals surface area contributed by atoms with Gasteiger partial charge in [-0.1, -0.05) is 78.9 Å². The summed E-state index contributed by atoms with van der Waals surface area (Å²) in [5.41, 5.74) is 1.63. The molecule has 0 amide bonds. The number of Topliss-reactive ketones (excluding diaryl/α,β-unsaturated/α-hetero) is 1. The number of carbonyl (C=O) groups excluding carboxylic acids is 4. The van der Waals surface area contributed by atoms with Crippen molar-refractivity contribution in [1.29, 1.82) is 0 Å². The van der Waals surface area contributed by atoms with E-state index in [2.05, 4.69) is 0 Å². The molecule has 1 aliphatic heterocycles. The van der Waals surface area contributed by atoms with E-state index in [1.54, 1.807) is 66.7 Å². The Balaban J connectivity index is 1.62. The summed E-state index contributed by atoms with van der Waals surface area (Å²) in [6.07, 6.45) is -8.20. The fourth-order valence-electron chi connectivity index (χ4n) is 4.29. The number of benzene rings is 3. The molecule has 10 nitrogen and oxygen atoms in total. The van der Waals surface area contributed by atoms with Crippen LogP contribution < -0.4 is 0 Å². The maximum Gasteiger partial charge on any atom is 0.338 e. The highest BCUT2D eigenvalue weighted by Gasteiger charge is 2.53. The molecule has 0 spiro atoms. The maximum absolute atomic E-state index is 13.3. The molecule has 10 heteroatoms. The van der Waals surface area contributed by atoms with E-state index >= 15 is 0 Å². The van der Waals surface area contributed by atoms with E-state index in [1.807, 2.05) is 12.1 Å². The van der Waals surface area contributed by atoms with E-state index in [9.17, 15) is 24.3 Å². The summed E-state index contributed by atoms with van der Waals surface area (Å²) >= 11 is 0. The lowest BCUT2D eigenvalue weighted by Gasteiger charge is -2.42. The second-order valence-corrected chi connectivity index (χ2v) is 9.69. The number of hydrogen-bond donors (Lipinski definition) is 1. The van der Waals surface area contributed by atoms with Gasteiger partial charge in [0.1, 0.15) is 18.5 Å². The van der Waals surface area contributed by atoms with Crippen LogP contribution in [-0.2, 0) is 51.3 Å². The monoisotopic (exact) mass is 576 g/mol. The average molecular weight is 577 g/mol. The van der Waals surface area contributed by atoms with Crippen molar-refractivity contribution in [3.05, 3.63) is 108 Å². The van der Waals surface area contributed by atoms with E-state index in [4.69, 9.17) is 23.7 Å². The van der Waals surface area contributed by atoms with Crippen LogP contribution in [-0.4, -0.2) is 59.5 Å². The van der Waals surface area contributed by atoms with Gasteiger partial charge in [-0.15, -0.1) is 0 Å². The van der Waals surface area contributed by atoms with Crippen molar-refractivity contribution in [2.75, 3.05) is 0 Å². The summed E-state index contributed by atoms with van der Waals surface area (Å²) in [6, 6.07) is 26.0. The van der Waals surface area contributed by atoms with Crippen LogP contribution in [0.15, 0.2) is 91.0 Å². The molecule has 1 fully saturated rings. The molecule has 1 saturated heterocycles. The van der Waals surface area contributed by atoms with Crippen molar-refractivity contribution in [3.63, 3.8) is 0 Å². The first-order chi connectivity index (χ1) is 20.3. The lowest BCUT2D eigenvalue weighted by atomic mass is 9.97. The molecule has 1 N–H and O–H groups in total. The Labute approximate surface area is 243 Å². The van der Waals surface area contributed by atoms with Crippen molar-refractivity contribution < 1.29 is 48.0 Å². The molecule has 1 aliphatic rings. The van der Waals surface area contributed by atoms with Gasteiger partial charge in [-0.3, -0.25) is 4.79 Å². The molecule has 0 aliphatic carbocycles. The van der Waals surface area contributed by atoms with Crippen LogP contribution in [0.3, 0.4) is 0 Å². The van der Waals surface area contributed by atoms with Gasteiger partial charge >= 0.3 is 17.9 Å². The summed E-state index contributed by atoms with van der Waals surface area (Å²) in [4.78, 5) is 50.6. The minimum absolute atomic E-state index is 0.0335. The predicted molar refractivity (Wildman–Crippen MR) is 148 cm³/mol. The molecule has 3 aromatic rings. The first-order valence-corrected chi connectivity index (χ1v) is 13.5. The quantitative estimate of drug-likeness (QED) is 0.252. The van der Waals surface area contributed by atoms with E-state index < -0.39 is 48.6 Å². The largest absolute Gasteiger partial charge is 0.459 e. The van der Waals surface area contributed by atoms with Gasteiger partial charge in [0.15, 0.2) is 24.6 Å². The third-order valence-corrected chi connectivity index (χ3v) is 6.46. The normalized spacial score (nSPS) is 21.6. The van der Waals surface area contributed by atoms with Gasteiger partial charge in [0.05, 0.1) is 18.6 Å². The minimum atomic E-state index is -1.88. The first-order valence-electron chi connectivity index (χ1n) is 13.5. The Bertz CT molecular complexity index is 1330. The van der Waals surface area contributed by atoms with Gasteiger partial charge < -0.3 is 33.6 Å². The van der Waals surface area contributed by atoms with Gasteiger partial charge in [-0.2, -0.15) is 0 Å². The highest BCUT2D eigenvalue weighted by molar-refractivity contribution is 5.89. The number of aliphatic hydroxyl groups is 1. The minimum Gasteiger partial charge on any atom is -0.459 e. The Morgan fingerprint density at radius 2 is 1.29 bits per heavy atom. The van der Waals surface area contributed by atoms with Crippen molar-refractivity contribution in [2.24, 2.45) is 0 Å². The van der Waals surface area contributed by atoms with E-state index in [-0.39, 0.29) is 37.4 Å². The summed E-state index contributed by atoms with van der Waals surface area (Å²) in [7, 11) is 0. The zero-order valence-corrected chi connectivity index (χ0v) is 23.0. The van der Waals surface area contributed by atoms with Crippen LogP contribution in [0.1, 0.15) is 41.3 Å². The zero-order valence-electron chi connectivity index (χ0n) is 23.0. The van der Waals surface area contributed by atoms with Crippen LogP contribution in [0.5, 0.6) is 0 Å². The predicted octanol–water partition coefficient (Wildman–Crippen LogP) is 3.54. The Hall–Kier alpha value is -4.38. The van der Waals surface area contributed by atoms with Gasteiger partial charge in [0.25, 0.3) is 0 Å². The molecule has 0 unspecified atom stereocenters. The molecule has 42 heavy (non-hydrogen) atoms. The third kappa shape index (κ3) is 8.56. The SMILES string of the molecule is CC(=O)CCC(=O)O[C@@H]1[C@@H](OC(=O)c2ccccc2)[C@@H](O)O[C@H](C(=O)OCc2ccccc2)[C@H]1OCc1ccccc1. The Morgan fingerprint density at radius 1 is 0.714 bits per heavy atom. The summed E-state index contributed by atoms with van der Waals surface area (Å²) in [6.45, 7) is 1.21. The molecule has 0 aromatic heterocycles. The number of hydrogen-bond acceptors (Lipinski definition) is 10. The van der Waals surface area contributed by atoms with Crippen molar-refractivity contribution in [3.8, 4) is 0 Å². The number of ketones is 1. The molecular formula is C32H32O10. The zero-order chi connectivity index (χ0) is 29.9. The summed E-state index contributed by atoms with van der Waals surface area (Å²) in [5, 5.41) is 11.0. The fraction of sp³-hybridized carbons (Fsp3) is 0.312. The maximum atomic E-state index is 13.3. The molecule has 5 atom stereocenters. The van der Waals surface area contributed by atoms with Gasteiger partial charge in [0, 0.05) is 6.42 Å². The number of carbonyl (C=O) groups is 4. The first kappa shape index (κ1) is 30.6. The van der Waals surface area contributed by atoms with E-state index in [0.717, 1.165) is 5.56 Å². The van der Waals surface area contributed by atoms with E-state index in [1.165, 1.54) is 19.1 Å². The lowest BCUT2D eigenvalue weighted by molar-refractivity contribution is -0.292. The van der Waals surface area contributed by atoms with Crippen molar-refractivity contribution >= 4 is 23.7 Å². The van der Waals surface area contributed by atoms with Gasteiger partial charge in [0.2, 0.25) is 0 Å². The second-order valence-electron chi connectivity index (χ2n) is 9.69. The smallest absolute Gasteiger partial charge is 0.338 e. The molecule has 4 rings (SSSR count). The standard InChI is InChI=1S/C32H32O10/c1-21(33)17-18-25(34)40-27-26(38-19-22-11-5-2-6-12-22)28(31(36)39-20-23-13-7-3-8-14-23)42-32(37)29(27)41-30(35)24-15-9-4-10-16-24/h2-16,26-29,32,37H,17-20H2,1H3/t26-,27-,28-,29+,32-/m0/s1. The van der Waals surface area contributed by atoms with Crippen LogP contribution in [0.2, 0.25) is 0 Å². The number of rotatable bonds is 12. The third-order valence-electron chi connectivity index (χ3n) is 6.46. The second kappa shape index (κ2) is 15.0. The highest BCUT2D eigenvalue weighted by Crippen LogP contribution is 2.30. The number of esters is 3. The molecular weight excluding hydrogens is 544 g/mol. The van der Waals surface area contributed by atoms with Crippen LogP contribution in [0.4, 0.5) is 0 Å².